The van der Waals surface area contributed by atoms with Crippen LogP contribution in [0, 0.1) is 5.92 Å². The number of carbonyl (C=O) groups is 2. The Hall–Kier alpha value is -2.13. The number of hydrogen-bond acceptors (Lipinski definition) is 5. The van der Waals surface area contributed by atoms with E-state index >= 15 is 0 Å². The number of benzene rings is 1. The molecule has 0 fully saturated rings. The maximum atomic E-state index is 12.4. The van der Waals surface area contributed by atoms with Crippen LogP contribution in [0.2, 0.25) is 0 Å². The molecular formula is C18H29N3O5S. The molecule has 1 aromatic rings. The lowest BCUT2D eigenvalue weighted by molar-refractivity contribution is -0.116. The second kappa shape index (κ2) is 9.70. The van der Waals surface area contributed by atoms with Crippen molar-refractivity contribution in [3.05, 3.63) is 24.3 Å². The second-order valence-electron chi connectivity index (χ2n) is 7.50. The lowest BCUT2D eigenvalue weighted by Gasteiger charge is -2.19. The number of anilines is 1. The number of amides is 2. The van der Waals surface area contributed by atoms with Crippen molar-refractivity contribution in [1.82, 2.24) is 10.0 Å². The molecule has 0 spiro atoms. The van der Waals surface area contributed by atoms with Gasteiger partial charge in [0.25, 0.3) is 0 Å². The highest BCUT2D eigenvalue weighted by Gasteiger charge is 2.17. The zero-order valence-corrected chi connectivity index (χ0v) is 17.3. The maximum Gasteiger partial charge on any atom is 0.407 e. The number of alkyl carbamates (subject to hydrolysis) is 1. The van der Waals surface area contributed by atoms with Gasteiger partial charge in [-0.2, -0.15) is 0 Å². The number of hydrogen-bond donors (Lipinski definition) is 3. The van der Waals surface area contributed by atoms with E-state index in [1.165, 1.54) is 12.1 Å². The molecule has 2 amide bonds. The fourth-order valence-electron chi connectivity index (χ4n) is 2.07. The lowest BCUT2D eigenvalue weighted by Crippen LogP contribution is -2.37. The molecular weight excluding hydrogens is 370 g/mol. The van der Waals surface area contributed by atoms with Crippen LogP contribution in [-0.2, 0) is 19.6 Å². The van der Waals surface area contributed by atoms with Crippen LogP contribution in [-0.4, -0.2) is 39.1 Å². The molecule has 0 atom stereocenters. The SMILES string of the molecule is CC(C)CC(=O)Nc1cccc(S(=O)(=O)NCCNC(=O)OC(C)(C)C)c1. The lowest BCUT2D eigenvalue weighted by atomic mass is 10.1. The summed E-state index contributed by atoms with van der Waals surface area (Å²) >= 11 is 0. The van der Waals surface area contributed by atoms with Gasteiger partial charge in [-0.15, -0.1) is 0 Å². The Morgan fingerprint density at radius 1 is 1.15 bits per heavy atom. The van der Waals surface area contributed by atoms with E-state index in [1.54, 1.807) is 32.9 Å². The Morgan fingerprint density at radius 3 is 2.41 bits per heavy atom. The first-order chi connectivity index (χ1) is 12.4. The van der Waals surface area contributed by atoms with Gasteiger partial charge >= 0.3 is 6.09 Å². The highest BCUT2D eigenvalue weighted by molar-refractivity contribution is 7.89. The molecule has 3 N–H and O–H groups in total. The molecule has 0 heterocycles. The highest BCUT2D eigenvalue weighted by Crippen LogP contribution is 2.16. The molecule has 0 saturated carbocycles. The van der Waals surface area contributed by atoms with E-state index in [1.807, 2.05) is 13.8 Å². The van der Waals surface area contributed by atoms with Gasteiger partial charge in [-0.1, -0.05) is 19.9 Å². The third-order valence-electron chi connectivity index (χ3n) is 3.11. The van der Waals surface area contributed by atoms with E-state index in [2.05, 4.69) is 15.4 Å². The molecule has 0 aliphatic heterocycles. The van der Waals surface area contributed by atoms with Crippen LogP contribution in [0.15, 0.2) is 29.2 Å². The summed E-state index contributed by atoms with van der Waals surface area (Å²) in [5.41, 5.74) is -0.209. The van der Waals surface area contributed by atoms with Gasteiger partial charge in [0.15, 0.2) is 0 Å². The van der Waals surface area contributed by atoms with Crippen LogP contribution in [0.1, 0.15) is 41.0 Å². The van der Waals surface area contributed by atoms with Crippen molar-refractivity contribution >= 4 is 27.7 Å². The minimum Gasteiger partial charge on any atom is -0.444 e. The predicted molar refractivity (Wildman–Crippen MR) is 104 cm³/mol. The molecule has 1 rings (SSSR count). The van der Waals surface area contributed by atoms with E-state index < -0.39 is 21.7 Å². The van der Waals surface area contributed by atoms with Gasteiger partial charge in [0.2, 0.25) is 15.9 Å². The monoisotopic (exact) mass is 399 g/mol. The normalized spacial score (nSPS) is 11.9. The minimum absolute atomic E-state index is 0.00547. The molecule has 0 aliphatic rings. The van der Waals surface area contributed by atoms with Crippen molar-refractivity contribution in [3.63, 3.8) is 0 Å². The molecule has 1 aromatic carbocycles. The highest BCUT2D eigenvalue weighted by atomic mass is 32.2. The number of rotatable bonds is 8. The van der Waals surface area contributed by atoms with Crippen LogP contribution in [0.3, 0.4) is 0 Å². The van der Waals surface area contributed by atoms with E-state index in [-0.39, 0.29) is 29.8 Å². The average Bonchev–Trinajstić information content (AvgIpc) is 2.49. The second-order valence-corrected chi connectivity index (χ2v) is 9.27. The third kappa shape index (κ3) is 9.39. The van der Waals surface area contributed by atoms with Crippen LogP contribution in [0.25, 0.3) is 0 Å². The van der Waals surface area contributed by atoms with Crippen molar-refractivity contribution in [1.29, 1.82) is 0 Å². The van der Waals surface area contributed by atoms with Crippen LogP contribution >= 0.6 is 0 Å². The summed E-state index contributed by atoms with van der Waals surface area (Å²) in [6.07, 6.45) is -0.262. The summed E-state index contributed by atoms with van der Waals surface area (Å²) in [6, 6.07) is 6.00. The van der Waals surface area contributed by atoms with Crippen molar-refractivity contribution in [3.8, 4) is 0 Å². The smallest absolute Gasteiger partial charge is 0.407 e. The van der Waals surface area contributed by atoms with Crippen molar-refractivity contribution in [2.75, 3.05) is 18.4 Å². The van der Waals surface area contributed by atoms with Gasteiger partial charge < -0.3 is 15.4 Å². The van der Waals surface area contributed by atoms with Gasteiger partial charge in [0.05, 0.1) is 4.90 Å². The van der Waals surface area contributed by atoms with Crippen molar-refractivity contribution in [2.24, 2.45) is 5.92 Å². The van der Waals surface area contributed by atoms with E-state index in [4.69, 9.17) is 4.74 Å². The molecule has 0 unspecified atom stereocenters. The number of sulfonamides is 1. The van der Waals surface area contributed by atoms with Gasteiger partial charge in [0, 0.05) is 25.2 Å². The molecule has 0 aliphatic carbocycles. The Kier molecular flexibility index (Phi) is 8.23. The number of nitrogens with one attached hydrogen (secondary N) is 3. The van der Waals surface area contributed by atoms with Crippen LogP contribution in [0.5, 0.6) is 0 Å². The Labute approximate surface area is 161 Å². The predicted octanol–water partition coefficient (Wildman–Crippen LogP) is 2.47. The Balaban J connectivity index is 2.59. The zero-order chi connectivity index (χ0) is 20.7. The van der Waals surface area contributed by atoms with E-state index in [9.17, 15) is 18.0 Å². The minimum atomic E-state index is -3.77. The molecule has 0 saturated heterocycles. The molecule has 0 bridgehead atoms. The van der Waals surface area contributed by atoms with E-state index in [0.29, 0.717) is 12.1 Å². The van der Waals surface area contributed by atoms with Crippen molar-refractivity contribution in [2.45, 2.75) is 51.5 Å². The summed E-state index contributed by atoms with van der Waals surface area (Å²) in [5, 5.41) is 5.16. The fourth-order valence-corrected chi connectivity index (χ4v) is 3.15. The summed E-state index contributed by atoms with van der Waals surface area (Å²) in [6.45, 7) is 9.16. The Bertz CT molecular complexity index is 755. The van der Waals surface area contributed by atoms with Gasteiger partial charge in [-0.05, 0) is 44.9 Å². The zero-order valence-electron chi connectivity index (χ0n) is 16.5. The van der Waals surface area contributed by atoms with Gasteiger partial charge in [-0.25, -0.2) is 17.9 Å². The molecule has 0 aromatic heterocycles. The first kappa shape index (κ1) is 22.9. The van der Waals surface area contributed by atoms with E-state index in [0.717, 1.165) is 0 Å². The van der Waals surface area contributed by atoms with Crippen LogP contribution in [0.4, 0.5) is 10.5 Å². The first-order valence-electron chi connectivity index (χ1n) is 8.75. The summed E-state index contributed by atoms with van der Waals surface area (Å²) in [7, 11) is -3.77. The molecule has 9 heteroatoms. The van der Waals surface area contributed by atoms with Crippen molar-refractivity contribution < 1.29 is 22.7 Å². The largest absolute Gasteiger partial charge is 0.444 e. The Morgan fingerprint density at radius 2 is 1.81 bits per heavy atom. The molecule has 8 nitrogen and oxygen atoms in total. The molecule has 152 valence electrons. The van der Waals surface area contributed by atoms with Crippen LogP contribution < -0.4 is 15.4 Å². The number of carbonyl (C=O) groups excluding carboxylic acids is 2. The quantitative estimate of drug-likeness (QED) is 0.581. The molecule has 0 radical (unpaired) electrons. The average molecular weight is 400 g/mol. The summed E-state index contributed by atoms with van der Waals surface area (Å²) < 4.78 is 32.2. The molecule has 27 heavy (non-hydrogen) atoms. The van der Waals surface area contributed by atoms with Gasteiger partial charge in [0.1, 0.15) is 5.60 Å². The maximum absolute atomic E-state index is 12.4. The number of ether oxygens (including phenoxy) is 1. The van der Waals surface area contributed by atoms with Gasteiger partial charge in [-0.3, -0.25) is 4.79 Å². The third-order valence-corrected chi connectivity index (χ3v) is 4.57. The fraction of sp³-hybridized carbons (Fsp3) is 0.556. The summed E-state index contributed by atoms with van der Waals surface area (Å²) in [4.78, 5) is 23.4. The standard InChI is InChI=1S/C18H29N3O5S/c1-13(2)11-16(22)21-14-7-6-8-15(12-14)27(24,25)20-10-9-19-17(23)26-18(3,4)5/h6-8,12-13,20H,9-11H2,1-5H3,(H,19,23)(H,21,22). The first-order valence-corrected chi connectivity index (χ1v) is 10.2. The summed E-state index contributed by atoms with van der Waals surface area (Å²) in [5.74, 6) is 0.0325. The topological polar surface area (TPSA) is 114 Å².